The standard InChI is InChI=1S/C13H14O6.C11H20O4.C9H10O2.C6H10O4.C5H12.C4H10/c1-9-3-12(13(16)17-2)11(6-19-8-15)4-10(9)5-18-7-14;1-4-11(5-2,6-7-15-9-12)8-10(13)14-3;1-7-3-5-8(6-4-7)9(10)11-2;1-9-6(8)3-2-4-10-5-7;1-3-5-4-2;1-4(2)3/h3-4,7-8H,5-6H2,1-2H3;9H,4-8H2,1-3H3;3-6H,1-2H3;5H,2-4H2,1H3;3-5H2,1-2H3;4H,1-3H3. The Balaban J connectivity index is -0.000000360. The van der Waals surface area contributed by atoms with E-state index in [2.05, 4.69) is 72.5 Å². The van der Waals surface area contributed by atoms with Crippen LogP contribution in [0.1, 0.15) is 149 Å². The summed E-state index contributed by atoms with van der Waals surface area (Å²) >= 11 is 0. The highest BCUT2D eigenvalue weighted by atomic mass is 16.5. The van der Waals surface area contributed by atoms with E-state index in [9.17, 15) is 38.4 Å². The van der Waals surface area contributed by atoms with Gasteiger partial charge in [-0.05, 0) is 86.3 Å². The minimum atomic E-state index is -0.518. The number of rotatable bonds is 23. The lowest BCUT2D eigenvalue weighted by atomic mass is 9.76. The zero-order valence-electron chi connectivity index (χ0n) is 40.6. The first-order valence-corrected chi connectivity index (χ1v) is 21.2. The zero-order valence-corrected chi connectivity index (χ0v) is 40.6. The van der Waals surface area contributed by atoms with Crippen LogP contribution in [0.2, 0.25) is 0 Å². The summed E-state index contributed by atoms with van der Waals surface area (Å²) in [5.41, 5.74) is 3.94. The van der Waals surface area contributed by atoms with Crippen LogP contribution < -0.4 is 0 Å². The molecule has 0 N–H and O–H groups in total. The number of methoxy groups -OCH3 is 4. The number of carbonyl (C=O) groups is 8. The van der Waals surface area contributed by atoms with Crippen LogP contribution in [0.15, 0.2) is 36.4 Å². The summed E-state index contributed by atoms with van der Waals surface area (Å²) < 4.78 is 36.6. The van der Waals surface area contributed by atoms with Crippen molar-refractivity contribution in [1.82, 2.24) is 0 Å². The minimum Gasteiger partial charge on any atom is -0.469 e. The molecule has 0 aromatic heterocycles. The smallest absolute Gasteiger partial charge is 0.338 e. The fraction of sp³-hybridized carbons (Fsp3) is 0.583. The molecule has 2 aromatic rings. The Morgan fingerprint density at radius 1 is 0.594 bits per heavy atom. The number of ether oxygens (including phenoxy) is 8. The summed E-state index contributed by atoms with van der Waals surface area (Å²) in [6.45, 7) is 20.9. The number of aryl methyl sites for hydroxylation is 2. The molecule has 2 aromatic carbocycles. The van der Waals surface area contributed by atoms with Gasteiger partial charge in [-0.1, -0.05) is 85.4 Å². The Bertz CT molecular complexity index is 1540. The molecule has 64 heavy (non-hydrogen) atoms. The molecule has 0 atom stereocenters. The second-order valence-electron chi connectivity index (χ2n) is 14.5. The molecule has 0 bridgehead atoms. The zero-order chi connectivity index (χ0) is 49.8. The molecule has 0 aliphatic carbocycles. The number of unbranched alkanes of at least 4 members (excludes halogenated alkanes) is 2. The quantitative estimate of drug-likeness (QED) is 0.0441. The summed E-state index contributed by atoms with van der Waals surface area (Å²) in [5, 5.41) is 0. The largest absolute Gasteiger partial charge is 0.469 e. The molecule has 0 saturated carbocycles. The third-order valence-electron chi connectivity index (χ3n) is 8.76. The summed E-state index contributed by atoms with van der Waals surface area (Å²) in [5.74, 6) is -0.459. The van der Waals surface area contributed by atoms with Crippen LogP contribution in [0.3, 0.4) is 0 Å². The maximum absolute atomic E-state index is 11.6. The predicted octanol–water partition coefficient (Wildman–Crippen LogP) is 8.80. The van der Waals surface area contributed by atoms with E-state index in [0.29, 0.717) is 74.9 Å². The van der Waals surface area contributed by atoms with Gasteiger partial charge < -0.3 is 37.9 Å². The molecular formula is C48H76O16. The molecule has 0 amide bonds. The van der Waals surface area contributed by atoms with Crippen LogP contribution in [0.25, 0.3) is 0 Å². The van der Waals surface area contributed by atoms with Crippen LogP contribution in [-0.2, 0) is 79.9 Å². The summed E-state index contributed by atoms with van der Waals surface area (Å²) in [6, 6.07) is 10.5. The van der Waals surface area contributed by atoms with Crippen molar-refractivity contribution >= 4 is 49.8 Å². The SMILES string of the molecule is CC(C)C.CCC(CC)(CCOC=O)CC(=O)OC.CCCCC.COC(=O)CCCOC=O.COC(=O)c1cc(C)c(COC=O)cc1COC=O.COC(=O)c1ccc(C)cc1. The molecule has 0 spiro atoms. The number of benzene rings is 2. The molecule has 2 rings (SSSR count). The van der Waals surface area contributed by atoms with E-state index in [-0.39, 0.29) is 43.1 Å². The van der Waals surface area contributed by atoms with Crippen molar-refractivity contribution in [3.8, 4) is 0 Å². The molecule has 0 aliphatic rings. The molecular weight excluding hydrogens is 833 g/mol. The minimum absolute atomic E-state index is 0.0533. The maximum atomic E-state index is 11.6. The van der Waals surface area contributed by atoms with Gasteiger partial charge in [0.05, 0.1) is 59.2 Å². The highest BCUT2D eigenvalue weighted by Crippen LogP contribution is 2.34. The van der Waals surface area contributed by atoms with Gasteiger partial charge >= 0.3 is 23.9 Å². The number of hydrogen-bond acceptors (Lipinski definition) is 16. The normalized spacial score (nSPS) is 9.53. The van der Waals surface area contributed by atoms with Crippen molar-refractivity contribution in [1.29, 1.82) is 0 Å². The van der Waals surface area contributed by atoms with E-state index in [4.69, 9.17) is 0 Å². The lowest BCUT2D eigenvalue weighted by Gasteiger charge is -2.29. The summed E-state index contributed by atoms with van der Waals surface area (Å²) in [4.78, 5) is 84.2. The summed E-state index contributed by atoms with van der Waals surface area (Å²) in [6.07, 6.45) is 7.73. The van der Waals surface area contributed by atoms with Gasteiger partial charge in [-0.15, -0.1) is 0 Å². The predicted molar refractivity (Wildman–Crippen MR) is 242 cm³/mol. The van der Waals surface area contributed by atoms with Crippen LogP contribution in [0.5, 0.6) is 0 Å². The highest BCUT2D eigenvalue weighted by molar-refractivity contribution is 5.91. The van der Waals surface area contributed by atoms with Crippen molar-refractivity contribution in [2.75, 3.05) is 41.7 Å². The number of esters is 4. The van der Waals surface area contributed by atoms with E-state index in [1.807, 2.05) is 32.9 Å². The Labute approximate surface area is 381 Å². The van der Waals surface area contributed by atoms with Crippen molar-refractivity contribution in [3.63, 3.8) is 0 Å². The van der Waals surface area contributed by atoms with Crippen LogP contribution in [-0.4, -0.2) is 91.4 Å². The van der Waals surface area contributed by atoms with Crippen LogP contribution >= 0.6 is 0 Å². The van der Waals surface area contributed by atoms with Crippen LogP contribution in [0.4, 0.5) is 0 Å². The van der Waals surface area contributed by atoms with Gasteiger partial charge in [-0.2, -0.15) is 0 Å². The van der Waals surface area contributed by atoms with Gasteiger partial charge in [0.25, 0.3) is 25.9 Å². The molecule has 0 unspecified atom stereocenters. The third-order valence-corrected chi connectivity index (χ3v) is 8.76. The topological polar surface area (TPSA) is 210 Å². The van der Waals surface area contributed by atoms with Gasteiger partial charge in [0, 0.05) is 12.0 Å². The van der Waals surface area contributed by atoms with Gasteiger partial charge in [-0.3, -0.25) is 28.8 Å². The van der Waals surface area contributed by atoms with Gasteiger partial charge in [0.1, 0.15) is 13.2 Å². The molecule has 0 aliphatic heterocycles. The fourth-order valence-corrected chi connectivity index (χ4v) is 4.88. The molecule has 364 valence electrons. The molecule has 0 radical (unpaired) electrons. The lowest BCUT2D eigenvalue weighted by molar-refractivity contribution is -0.144. The second-order valence-corrected chi connectivity index (χ2v) is 14.5. The van der Waals surface area contributed by atoms with Gasteiger partial charge in [0.2, 0.25) is 0 Å². The van der Waals surface area contributed by atoms with Crippen molar-refractivity contribution in [2.24, 2.45) is 11.3 Å². The molecule has 16 nitrogen and oxygen atoms in total. The van der Waals surface area contributed by atoms with E-state index in [1.165, 1.54) is 47.7 Å². The average molecular weight is 909 g/mol. The molecule has 16 heteroatoms. The third kappa shape index (κ3) is 35.8. The first-order chi connectivity index (χ1) is 30.5. The maximum Gasteiger partial charge on any atom is 0.338 e. The average Bonchev–Trinajstić information content (AvgIpc) is 3.29. The van der Waals surface area contributed by atoms with E-state index in [0.717, 1.165) is 35.4 Å². The van der Waals surface area contributed by atoms with Crippen molar-refractivity contribution in [3.05, 3.63) is 69.8 Å². The van der Waals surface area contributed by atoms with Gasteiger partial charge in [-0.25, -0.2) is 9.59 Å². The number of hydrogen-bond donors (Lipinski definition) is 0. The van der Waals surface area contributed by atoms with E-state index >= 15 is 0 Å². The summed E-state index contributed by atoms with van der Waals surface area (Å²) in [7, 11) is 5.36. The Morgan fingerprint density at radius 2 is 1.06 bits per heavy atom. The number of carbonyl (C=O) groups excluding carboxylic acids is 8. The molecule has 0 saturated heterocycles. The van der Waals surface area contributed by atoms with Crippen molar-refractivity contribution in [2.45, 2.75) is 133 Å². The fourth-order valence-electron chi connectivity index (χ4n) is 4.88. The first kappa shape index (κ1) is 64.8. The second kappa shape index (κ2) is 43.8. The van der Waals surface area contributed by atoms with Crippen molar-refractivity contribution < 1.29 is 76.3 Å². The van der Waals surface area contributed by atoms with Crippen LogP contribution in [0, 0.1) is 25.2 Å². The van der Waals surface area contributed by atoms with E-state index < -0.39 is 5.97 Å². The van der Waals surface area contributed by atoms with E-state index in [1.54, 1.807) is 31.2 Å². The Hall–Kier alpha value is -5.80. The van der Waals surface area contributed by atoms with Gasteiger partial charge in [0.15, 0.2) is 0 Å². The Kier molecular flexibility index (Phi) is 44.4. The molecule has 0 fully saturated rings. The highest BCUT2D eigenvalue weighted by Gasteiger charge is 2.29. The first-order valence-electron chi connectivity index (χ1n) is 21.2. The molecule has 0 heterocycles. The Morgan fingerprint density at radius 3 is 1.47 bits per heavy atom. The monoisotopic (exact) mass is 909 g/mol. The lowest BCUT2D eigenvalue weighted by Crippen LogP contribution is -2.25.